The molecule has 18 heavy (non-hydrogen) atoms. The first-order valence-electron chi connectivity index (χ1n) is 7.19. The number of amides is 1. The summed E-state index contributed by atoms with van der Waals surface area (Å²) in [4.78, 5) is 13.8. The van der Waals surface area contributed by atoms with Crippen LogP contribution in [0, 0.1) is 11.8 Å². The average Bonchev–Trinajstić information content (AvgIpc) is 2.39. The summed E-state index contributed by atoms with van der Waals surface area (Å²) in [6, 6.07) is 0. The molecule has 1 amide bonds. The third-order valence-corrected chi connectivity index (χ3v) is 3.96. The number of hydrogen-bond acceptors (Lipinski definition) is 3. The monoisotopic (exact) mass is 256 g/mol. The van der Waals surface area contributed by atoms with Crippen molar-refractivity contribution in [2.75, 3.05) is 33.4 Å². The van der Waals surface area contributed by atoms with E-state index in [1.54, 1.807) is 4.90 Å². The Balaban J connectivity index is 2.19. The summed E-state index contributed by atoms with van der Waals surface area (Å²) in [6.45, 7) is 4.82. The molecule has 1 rings (SSSR count). The number of ether oxygens (including phenoxy) is 1. The van der Waals surface area contributed by atoms with E-state index in [0.717, 1.165) is 19.4 Å². The number of carbonyl (C=O) groups is 1. The Bertz CT molecular complexity index is 238. The summed E-state index contributed by atoms with van der Waals surface area (Å²) >= 11 is 0. The third kappa shape index (κ3) is 5.36. The van der Waals surface area contributed by atoms with Gasteiger partial charge < -0.3 is 15.4 Å². The second-order valence-corrected chi connectivity index (χ2v) is 5.34. The lowest BCUT2D eigenvalue weighted by molar-refractivity contribution is -0.131. The number of nitrogens with zero attached hydrogens (tertiary/aromatic N) is 1. The van der Waals surface area contributed by atoms with Crippen molar-refractivity contribution in [2.45, 2.75) is 39.0 Å². The minimum atomic E-state index is 0.255. The molecule has 0 aliphatic heterocycles. The highest BCUT2D eigenvalue weighted by molar-refractivity contribution is 5.76. The van der Waals surface area contributed by atoms with Gasteiger partial charge in [-0.05, 0) is 51.0 Å². The van der Waals surface area contributed by atoms with Gasteiger partial charge in [0.2, 0.25) is 5.91 Å². The van der Waals surface area contributed by atoms with E-state index in [1.165, 1.54) is 12.8 Å². The Morgan fingerprint density at radius 3 is 2.44 bits per heavy atom. The molecule has 0 aromatic carbocycles. The minimum absolute atomic E-state index is 0.255. The summed E-state index contributed by atoms with van der Waals surface area (Å²) < 4.78 is 5.27. The second kappa shape index (κ2) is 8.48. The van der Waals surface area contributed by atoms with E-state index >= 15 is 0 Å². The molecule has 0 saturated heterocycles. The predicted molar refractivity (Wildman–Crippen MR) is 73.2 cm³/mol. The highest BCUT2D eigenvalue weighted by atomic mass is 16.5. The third-order valence-electron chi connectivity index (χ3n) is 3.96. The maximum Gasteiger partial charge on any atom is 0.222 e. The predicted octanol–water partition coefficient (Wildman–Crippen LogP) is 1.64. The van der Waals surface area contributed by atoms with Crippen LogP contribution in [-0.2, 0) is 9.53 Å². The lowest BCUT2D eigenvalue weighted by Gasteiger charge is -2.28. The number of carbonyl (C=O) groups excluding carboxylic acids is 1. The van der Waals surface area contributed by atoms with Gasteiger partial charge in [0.1, 0.15) is 0 Å². The molecule has 0 unspecified atom stereocenters. The van der Waals surface area contributed by atoms with Gasteiger partial charge in [0, 0.05) is 26.6 Å². The lowest BCUT2D eigenvalue weighted by Crippen LogP contribution is -2.32. The summed E-state index contributed by atoms with van der Waals surface area (Å²) in [5.41, 5.74) is 5.68. The smallest absolute Gasteiger partial charge is 0.222 e. The Hall–Kier alpha value is -0.610. The molecule has 0 aromatic heterocycles. The van der Waals surface area contributed by atoms with E-state index < -0.39 is 0 Å². The number of hydrogen-bond donors (Lipinski definition) is 1. The van der Waals surface area contributed by atoms with Gasteiger partial charge in [0.15, 0.2) is 0 Å². The summed E-state index contributed by atoms with van der Waals surface area (Å²) in [5, 5.41) is 0. The van der Waals surface area contributed by atoms with Crippen molar-refractivity contribution in [1.82, 2.24) is 4.90 Å². The first kappa shape index (κ1) is 15.4. The molecule has 0 atom stereocenters. The molecule has 4 heteroatoms. The van der Waals surface area contributed by atoms with Crippen molar-refractivity contribution in [1.29, 1.82) is 0 Å². The largest absolute Gasteiger partial charge is 0.380 e. The van der Waals surface area contributed by atoms with E-state index in [0.29, 0.717) is 38.0 Å². The average molecular weight is 256 g/mol. The SMILES string of the molecule is CCOCCN(C)C(=O)CC1CCC(CN)CC1. The topological polar surface area (TPSA) is 55.6 Å². The van der Waals surface area contributed by atoms with Gasteiger partial charge in [0.05, 0.1) is 6.61 Å². The van der Waals surface area contributed by atoms with Crippen LogP contribution in [0.2, 0.25) is 0 Å². The molecule has 1 aliphatic carbocycles. The van der Waals surface area contributed by atoms with Crippen LogP contribution in [0.1, 0.15) is 39.0 Å². The van der Waals surface area contributed by atoms with Crippen molar-refractivity contribution in [3.05, 3.63) is 0 Å². The lowest BCUT2D eigenvalue weighted by atomic mass is 9.80. The molecule has 106 valence electrons. The number of nitrogens with two attached hydrogens (primary N) is 1. The van der Waals surface area contributed by atoms with E-state index in [2.05, 4.69) is 0 Å². The van der Waals surface area contributed by atoms with E-state index in [1.807, 2.05) is 14.0 Å². The molecule has 0 radical (unpaired) electrons. The van der Waals surface area contributed by atoms with Crippen LogP contribution in [-0.4, -0.2) is 44.2 Å². The van der Waals surface area contributed by atoms with Crippen LogP contribution in [0.5, 0.6) is 0 Å². The zero-order valence-corrected chi connectivity index (χ0v) is 11.9. The molecule has 1 aliphatic rings. The number of likely N-dealkylation sites (N-methyl/N-ethyl adjacent to an activating group) is 1. The van der Waals surface area contributed by atoms with Crippen molar-refractivity contribution in [3.8, 4) is 0 Å². The first-order chi connectivity index (χ1) is 8.67. The Kier molecular flexibility index (Phi) is 7.28. The maximum absolute atomic E-state index is 12.0. The van der Waals surface area contributed by atoms with Crippen LogP contribution >= 0.6 is 0 Å². The highest BCUT2D eigenvalue weighted by Crippen LogP contribution is 2.30. The summed E-state index contributed by atoms with van der Waals surface area (Å²) in [7, 11) is 1.87. The Morgan fingerprint density at radius 2 is 1.89 bits per heavy atom. The fourth-order valence-corrected chi connectivity index (χ4v) is 2.54. The summed E-state index contributed by atoms with van der Waals surface area (Å²) in [6.07, 6.45) is 5.40. The standard InChI is InChI=1S/C14H28N2O2/c1-3-18-9-8-16(2)14(17)10-12-4-6-13(11-15)7-5-12/h12-13H,3-11,15H2,1-2H3. The fraction of sp³-hybridized carbons (Fsp3) is 0.929. The molecule has 1 saturated carbocycles. The molecule has 0 spiro atoms. The van der Waals surface area contributed by atoms with Gasteiger partial charge in [-0.1, -0.05) is 0 Å². The molecule has 1 fully saturated rings. The molecular formula is C14H28N2O2. The van der Waals surface area contributed by atoms with E-state index in [9.17, 15) is 4.79 Å². The molecular weight excluding hydrogens is 228 g/mol. The zero-order chi connectivity index (χ0) is 13.4. The fourth-order valence-electron chi connectivity index (χ4n) is 2.54. The van der Waals surface area contributed by atoms with Crippen LogP contribution < -0.4 is 5.73 Å². The van der Waals surface area contributed by atoms with Crippen molar-refractivity contribution < 1.29 is 9.53 Å². The van der Waals surface area contributed by atoms with Crippen LogP contribution in [0.15, 0.2) is 0 Å². The molecule has 0 heterocycles. The maximum atomic E-state index is 12.0. The molecule has 2 N–H and O–H groups in total. The van der Waals surface area contributed by atoms with Crippen LogP contribution in [0.3, 0.4) is 0 Å². The van der Waals surface area contributed by atoms with Crippen molar-refractivity contribution in [2.24, 2.45) is 17.6 Å². The molecule has 0 bridgehead atoms. The van der Waals surface area contributed by atoms with E-state index in [4.69, 9.17) is 10.5 Å². The summed E-state index contributed by atoms with van der Waals surface area (Å²) in [5.74, 6) is 1.51. The second-order valence-electron chi connectivity index (χ2n) is 5.34. The Morgan fingerprint density at radius 1 is 1.28 bits per heavy atom. The molecule has 4 nitrogen and oxygen atoms in total. The van der Waals surface area contributed by atoms with Gasteiger partial charge in [-0.3, -0.25) is 4.79 Å². The van der Waals surface area contributed by atoms with Gasteiger partial charge in [0.25, 0.3) is 0 Å². The minimum Gasteiger partial charge on any atom is -0.380 e. The quantitative estimate of drug-likeness (QED) is 0.704. The van der Waals surface area contributed by atoms with Gasteiger partial charge in [-0.25, -0.2) is 0 Å². The van der Waals surface area contributed by atoms with Gasteiger partial charge in [-0.15, -0.1) is 0 Å². The van der Waals surface area contributed by atoms with Gasteiger partial charge >= 0.3 is 0 Å². The van der Waals surface area contributed by atoms with Crippen LogP contribution in [0.4, 0.5) is 0 Å². The normalized spacial score (nSPS) is 23.9. The zero-order valence-electron chi connectivity index (χ0n) is 11.9. The van der Waals surface area contributed by atoms with Crippen molar-refractivity contribution >= 4 is 5.91 Å². The molecule has 0 aromatic rings. The van der Waals surface area contributed by atoms with E-state index in [-0.39, 0.29) is 5.91 Å². The first-order valence-corrected chi connectivity index (χ1v) is 7.19. The Labute approximate surface area is 111 Å². The number of rotatable bonds is 7. The van der Waals surface area contributed by atoms with Crippen molar-refractivity contribution in [3.63, 3.8) is 0 Å². The van der Waals surface area contributed by atoms with Crippen LogP contribution in [0.25, 0.3) is 0 Å². The van der Waals surface area contributed by atoms with Gasteiger partial charge in [-0.2, -0.15) is 0 Å². The highest BCUT2D eigenvalue weighted by Gasteiger charge is 2.23.